The summed E-state index contributed by atoms with van der Waals surface area (Å²) in [6.45, 7) is 5.99. The lowest BCUT2D eigenvalue weighted by atomic mass is 10.1. The van der Waals surface area contributed by atoms with Gasteiger partial charge in [-0.1, -0.05) is 19.1 Å². The second-order valence-electron chi connectivity index (χ2n) is 6.60. The third-order valence-corrected chi connectivity index (χ3v) is 4.56. The maximum Gasteiger partial charge on any atom is 0.257 e. The highest BCUT2D eigenvalue weighted by Gasteiger charge is 2.11. The minimum Gasteiger partial charge on any atom is -0.491 e. The van der Waals surface area contributed by atoms with Crippen LogP contribution in [0, 0.1) is 6.92 Å². The van der Waals surface area contributed by atoms with E-state index in [0.717, 1.165) is 28.7 Å². The van der Waals surface area contributed by atoms with Crippen LogP contribution in [0.1, 0.15) is 36.3 Å². The second kappa shape index (κ2) is 8.80. The maximum atomic E-state index is 12.6. The molecule has 0 saturated heterocycles. The molecule has 3 aromatic rings. The standard InChI is InChI=1S/C22H23N3O2S/c1-4-15(3)27-17-8-5-7-16(13-17)21(26)25-22(28)24-20-10-6-9-19-18(20)12-11-14(2)23-19/h5-13,15H,4H2,1-3H3,(H2,24,25,26,28). The average Bonchev–Trinajstić information content (AvgIpc) is 2.68. The number of hydrogen-bond donors (Lipinski definition) is 2. The monoisotopic (exact) mass is 393 g/mol. The minimum absolute atomic E-state index is 0.0877. The van der Waals surface area contributed by atoms with Crippen LogP contribution in [-0.2, 0) is 0 Å². The van der Waals surface area contributed by atoms with Crippen molar-refractivity contribution in [2.24, 2.45) is 0 Å². The first kappa shape index (κ1) is 19.8. The largest absolute Gasteiger partial charge is 0.491 e. The molecular formula is C22H23N3O2S. The number of nitrogens with zero attached hydrogens (tertiary/aromatic N) is 1. The summed E-state index contributed by atoms with van der Waals surface area (Å²) in [4.78, 5) is 17.1. The van der Waals surface area contributed by atoms with Gasteiger partial charge in [0.05, 0.1) is 11.6 Å². The number of thiocarbonyl (C=S) groups is 1. The third kappa shape index (κ3) is 4.84. The Morgan fingerprint density at radius 3 is 2.75 bits per heavy atom. The Morgan fingerprint density at radius 2 is 1.96 bits per heavy atom. The lowest BCUT2D eigenvalue weighted by Gasteiger charge is -2.14. The van der Waals surface area contributed by atoms with E-state index in [9.17, 15) is 4.79 Å². The fraction of sp³-hybridized carbons (Fsp3) is 0.227. The van der Waals surface area contributed by atoms with Crippen LogP contribution in [0.5, 0.6) is 5.75 Å². The van der Waals surface area contributed by atoms with E-state index in [2.05, 4.69) is 22.5 Å². The van der Waals surface area contributed by atoms with Crippen molar-refractivity contribution in [2.45, 2.75) is 33.3 Å². The van der Waals surface area contributed by atoms with Gasteiger partial charge in [0.15, 0.2) is 5.11 Å². The van der Waals surface area contributed by atoms with Crippen molar-refractivity contribution >= 4 is 39.8 Å². The van der Waals surface area contributed by atoms with E-state index in [1.165, 1.54) is 0 Å². The van der Waals surface area contributed by atoms with E-state index in [4.69, 9.17) is 17.0 Å². The Labute approximate surface area is 170 Å². The van der Waals surface area contributed by atoms with Crippen molar-refractivity contribution < 1.29 is 9.53 Å². The Kier molecular flexibility index (Phi) is 6.21. The number of fused-ring (bicyclic) bond motifs is 1. The summed E-state index contributed by atoms with van der Waals surface area (Å²) in [5, 5.41) is 6.98. The Morgan fingerprint density at radius 1 is 1.18 bits per heavy atom. The molecule has 0 bridgehead atoms. The molecule has 0 aliphatic carbocycles. The molecule has 1 heterocycles. The van der Waals surface area contributed by atoms with Gasteiger partial charge in [-0.25, -0.2) is 0 Å². The molecule has 3 rings (SSSR count). The molecule has 0 radical (unpaired) electrons. The fourth-order valence-electron chi connectivity index (χ4n) is 2.72. The molecule has 0 saturated carbocycles. The first-order valence-electron chi connectivity index (χ1n) is 9.21. The van der Waals surface area contributed by atoms with Crippen molar-refractivity contribution in [3.63, 3.8) is 0 Å². The van der Waals surface area contributed by atoms with Gasteiger partial charge in [-0.15, -0.1) is 0 Å². The number of rotatable bonds is 5. The predicted molar refractivity (Wildman–Crippen MR) is 117 cm³/mol. The molecule has 1 atom stereocenters. The maximum absolute atomic E-state index is 12.6. The molecule has 1 aromatic heterocycles. The summed E-state index contributed by atoms with van der Waals surface area (Å²) in [7, 11) is 0. The number of amides is 1. The first-order chi connectivity index (χ1) is 13.5. The Hall–Kier alpha value is -2.99. The van der Waals surface area contributed by atoms with E-state index in [0.29, 0.717) is 11.3 Å². The van der Waals surface area contributed by atoms with Crippen molar-refractivity contribution in [2.75, 3.05) is 5.32 Å². The summed E-state index contributed by atoms with van der Waals surface area (Å²) in [5.41, 5.74) is 3.10. The van der Waals surface area contributed by atoms with Crippen LogP contribution < -0.4 is 15.4 Å². The van der Waals surface area contributed by atoms with Crippen LogP contribution >= 0.6 is 12.2 Å². The lowest BCUT2D eigenvalue weighted by molar-refractivity contribution is 0.0977. The molecule has 0 spiro atoms. The van der Waals surface area contributed by atoms with Crippen molar-refractivity contribution in [1.82, 2.24) is 10.3 Å². The van der Waals surface area contributed by atoms with E-state index in [1.54, 1.807) is 18.2 Å². The van der Waals surface area contributed by atoms with Gasteiger partial charge in [0.2, 0.25) is 0 Å². The van der Waals surface area contributed by atoms with Gasteiger partial charge < -0.3 is 10.1 Å². The smallest absolute Gasteiger partial charge is 0.257 e. The zero-order valence-electron chi connectivity index (χ0n) is 16.2. The molecule has 5 nitrogen and oxygen atoms in total. The van der Waals surface area contributed by atoms with Crippen LogP contribution in [0.25, 0.3) is 10.9 Å². The summed E-state index contributed by atoms with van der Waals surface area (Å²) in [6, 6.07) is 16.7. The molecule has 0 aliphatic heterocycles. The number of hydrogen-bond acceptors (Lipinski definition) is 4. The summed E-state index contributed by atoms with van der Waals surface area (Å²) in [5.74, 6) is 0.373. The van der Waals surface area contributed by atoms with Gasteiger partial charge in [-0.3, -0.25) is 15.1 Å². The highest BCUT2D eigenvalue weighted by molar-refractivity contribution is 7.80. The quantitative estimate of drug-likeness (QED) is 0.607. The zero-order valence-corrected chi connectivity index (χ0v) is 17.0. The number of aryl methyl sites for hydroxylation is 1. The number of pyridine rings is 1. The number of carbonyl (C=O) groups is 1. The molecule has 28 heavy (non-hydrogen) atoms. The van der Waals surface area contributed by atoms with E-state index in [-0.39, 0.29) is 17.1 Å². The summed E-state index contributed by atoms with van der Waals surface area (Å²) in [6.07, 6.45) is 0.980. The molecule has 6 heteroatoms. The van der Waals surface area contributed by atoms with Crippen LogP contribution in [0.15, 0.2) is 54.6 Å². The molecule has 0 aliphatic rings. The Bertz CT molecular complexity index is 1020. The third-order valence-electron chi connectivity index (χ3n) is 4.35. The van der Waals surface area contributed by atoms with Gasteiger partial charge in [0.25, 0.3) is 5.91 Å². The lowest BCUT2D eigenvalue weighted by Crippen LogP contribution is -2.34. The predicted octanol–water partition coefficient (Wildman–Crippen LogP) is 4.85. The molecule has 1 amide bonds. The van der Waals surface area contributed by atoms with Gasteiger partial charge in [-0.05, 0) is 75.0 Å². The number of aromatic nitrogens is 1. The van der Waals surface area contributed by atoms with Crippen molar-refractivity contribution in [3.05, 3.63) is 65.9 Å². The second-order valence-corrected chi connectivity index (χ2v) is 7.01. The highest BCUT2D eigenvalue weighted by Crippen LogP contribution is 2.22. The number of ether oxygens (including phenoxy) is 1. The minimum atomic E-state index is -0.290. The molecule has 2 aromatic carbocycles. The zero-order chi connectivity index (χ0) is 20.1. The van der Waals surface area contributed by atoms with Crippen molar-refractivity contribution in [3.8, 4) is 5.75 Å². The van der Waals surface area contributed by atoms with Gasteiger partial charge in [0, 0.05) is 22.3 Å². The molecule has 0 fully saturated rings. The van der Waals surface area contributed by atoms with Crippen molar-refractivity contribution in [1.29, 1.82) is 0 Å². The number of carbonyl (C=O) groups excluding carboxylic acids is 1. The van der Waals surface area contributed by atoms with E-state index in [1.807, 2.05) is 50.2 Å². The Balaban J connectivity index is 1.70. The van der Waals surface area contributed by atoms with Crippen LogP contribution in [0.4, 0.5) is 5.69 Å². The summed E-state index contributed by atoms with van der Waals surface area (Å²) < 4.78 is 5.78. The molecule has 2 N–H and O–H groups in total. The molecule has 144 valence electrons. The van der Waals surface area contributed by atoms with Crippen LogP contribution in [0.3, 0.4) is 0 Å². The number of benzene rings is 2. The average molecular weight is 394 g/mol. The normalized spacial score (nSPS) is 11.7. The topological polar surface area (TPSA) is 63.2 Å². The highest BCUT2D eigenvalue weighted by atomic mass is 32.1. The van der Waals surface area contributed by atoms with Crippen LogP contribution in [0.2, 0.25) is 0 Å². The van der Waals surface area contributed by atoms with Gasteiger partial charge >= 0.3 is 0 Å². The fourth-order valence-corrected chi connectivity index (χ4v) is 2.92. The van der Waals surface area contributed by atoms with E-state index >= 15 is 0 Å². The van der Waals surface area contributed by atoms with Gasteiger partial charge in [-0.2, -0.15) is 0 Å². The molecular weight excluding hydrogens is 370 g/mol. The number of anilines is 1. The SMILES string of the molecule is CCC(C)Oc1cccc(C(=O)NC(=S)Nc2cccc3nc(C)ccc23)c1. The van der Waals surface area contributed by atoms with Crippen LogP contribution in [-0.4, -0.2) is 22.1 Å². The summed E-state index contributed by atoms with van der Waals surface area (Å²) >= 11 is 5.33. The van der Waals surface area contributed by atoms with Gasteiger partial charge in [0.1, 0.15) is 5.75 Å². The van der Waals surface area contributed by atoms with E-state index < -0.39 is 0 Å². The molecule has 1 unspecified atom stereocenters. The first-order valence-corrected chi connectivity index (χ1v) is 9.62. The number of nitrogens with one attached hydrogen (secondary N) is 2.